The molecular weight excluding hydrogens is 509 g/mol. The lowest BCUT2D eigenvalue weighted by molar-refractivity contribution is -0.137. The predicted molar refractivity (Wildman–Crippen MR) is 124 cm³/mol. The third-order valence-electron chi connectivity index (χ3n) is 5.59. The number of sulfonamides is 1. The maximum Gasteiger partial charge on any atom is 0.416 e. The Hall–Kier alpha value is -2.99. The van der Waals surface area contributed by atoms with Gasteiger partial charge in [-0.3, -0.25) is 9.10 Å². The van der Waals surface area contributed by atoms with Crippen molar-refractivity contribution >= 4 is 39.2 Å². The van der Waals surface area contributed by atoms with Crippen molar-refractivity contribution in [2.75, 3.05) is 30.5 Å². The van der Waals surface area contributed by atoms with Crippen molar-refractivity contribution in [1.82, 2.24) is 10.2 Å². The smallest absolute Gasteiger partial charge is 0.352 e. The minimum Gasteiger partial charge on any atom is -0.352 e. The summed E-state index contributed by atoms with van der Waals surface area (Å²) in [6.07, 6.45) is -3.43. The van der Waals surface area contributed by atoms with Gasteiger partial charge >= 0.3 is 12.2 Å². The summed E-state index contributed by atoms with van der Waals surface area (Å²) in [6.45, 7) is 0.0505. The second-order valence-electron chi connectivity index (χ2n) is 8.08. The summed E-state index contributed by atoms with van der Waals surface area (Å²) in [4.78, 5) is 25.4. The van der Waals surface area contributed by atoms with Crippen molar-refractivity contribution in [2.45, 2.75) is 23.9 Å². The molecule has 2 aromatic rings. The molecule has 1 saturated heterocycles. The molecule has 0 bridgehead atoms. The standard InChI is InChI=1S/C22H24ClF3N4O4S/c23-18-9-8-16(22(24,25)26)11-19(18)30(35(33,34)17-6-2-1-3-7-17)14-20(31)29-10-4-5-15(13-29)12-28-21(27)32/h1-3,6-9,11,15H,4-5,10,12-14H2,(H3,27,28,32). The van der Waals surface area contributed by atoms with E-state index in [2.05, 4.69) is 5.32 Å². The zero-order valence-corrected chi connectivity index (χ0v) is 20.0. The number of primary amides is 1. The first-order chi connectivity index (χ1) is 16.4. The Morgan fingerprint density at radius 1 is 1.17 bits per heavy atom. The number of piperidine rings is 1. The minimum atomic E-state index is -4.75. The molecule has 0 aromatic heterocycles. The average Bonchev–Trinajstić information content (AvgIpc) is 2.81. The monoisotopic (exact) mass is 532 g/mol. The Morgan fingerprint density at radius 3 is 2.49 bits per heavy atom. The van der Waals surface area contributed by atoms with Gasteiger partial charge in [-0.05, 0) is 49.1 Å². The summed E-state index contributed by atoms with van der Waals surface area (Å²) in [7, 11) is -4.45. The summed E-state index contributed by atoms with van der Waals surface area (Å²) in [5, 5.41) is 2.23. The third kappa shape index (κ3) is 6.57. The van der Waals surface area contributed by atoms with E-state index in [-0.39, 0.29) is 28.9 Å². The summed E-state index contributed by atoms with van der Waals surface area (Å²) in [5.41, 5.74) is 3.54. The maximum absolute atomic E-state index is 13.5. The molecule has 2 aromatic carbocycles. The first kappa shape index (κ1) is 26.6. The molecule has 0 saturated carbocycles. The number of urea groups is 1. The number of hydrogen-bond acceptors (Lipinski definition) is 4. The van der Waals surface area contributed by atoms with E-state index < -0.39 is 45.9 Å². The van der Waals surface area contributed by atoms with Gasteiger partial charge in [-0.25, -0.2) is 13.2 Å². The second kappa shape index (κ2) is 10.7. The van der Waals surface area contributed by atoms with Crippen LogP contribution in [-0.4, -0.2) is 51.4 Å². The molecular formula is C22H24ClF3N4O4S. The van der Waals surface area contributed by atoms with E-state index >= 15 is 0 Å². The number of hydrogen-bond donors (Lipinski definition) is 2. The Morgan fingerprint density at radius 2 is 1.86 bits per heavy atom. The number of benzene rings is 2. The van der Waals surface area contributed by atoms with Crippen LogP contribution >= 0.6 is 11.6 Å². The lowest BCUT2D eigenvalue weighted by Crippen LogP contribution is -2.48. The van der Waals surface area contributed by atoms with E-state index in [9.17, 15) is 31.2 Å². The summed E-state index contributed by atoms with van der Waals surface area (Å²) in [6, 6.07) is 8.66. The van der Waals surface area contributed by atoms with Gasteiger partial charge in [0, 0.05) is 19.6 Å². The van der Waals surface area contributed by atoms with Gasteiger partial charge in [-0.1, -0.05) is 29.8 Å². The normalized spacial score (nSPS) is 16.6. The van der Waals surface area contributed by atoms with Crippen LogP contribution in [-0.2, 0) is 21.0 Å². The van der Waals surface area contributed by atoms with Gasteiger partial charge in [-0.2, -0.15) is 13.2 Å². The second-order valence-corrected chi connectivity index (χ2v) is 10.4. The van der Waals surface area contributed by atoms with Crippen molar-refractivity contribution in [1.29, 1.82) is 0 Å². The molecule has 35 heavy (non-hydrogen) atoms. The van der Waals surface area contributed by atoms with Crippen LogP contribution in [0.4, 0.5) is 23.7 Å². The number of anilines is 1. The Balaban J connectivity index is 1.96. The number of halogens is 4. The van der Waals surface area contributed by atoms with E-state index in [1.807, 2.05) is 0 Å². The molecule has 3 rings (SSSR count). The lowest BCUT2D eigenvalue weighted by atomic mass is 9.98. The lowest BCUT2D eigenvalue weighted by Gasteiger charge is -2.34. The van der Waals surface area contributed by atoms with Crippen LogP contribution < -0.4 is 15.4 Å². The molecule has 0 aliphatic carbocycles. The fourth-order valence-electron chi connectivity index (χ4n) is 3.83. The van der Waals surface area contributed by atoms with E-state index in [1.165, 1.54) is 29.2 Å². The molecule has 1 atom stereocenters. The first-order valence-electron chi connectivity index (χ1n) is 10.6. The van der Waals surface area contributed by atoms with Crippen LogP contribution in [0.25, 0.3) is 0 Å². The van der Waals surface area contributed by atoms with Crippen LogP contribution in [0.3, 0.4) is 0 Å². The van der Waals surface area contributed by atoms with Crippen molar-refractivity contribution in [3.63, 3.8) is 0 Å². The van der Waals surface area contributed by atoms with E-state index in [1.54, 1.807) is 6.07 Å². The van der Waals surface area contributed by atoms with E-state index in [0.29, 0.717) is 23.3 Å². The third-order valence-corrected chi connectivity index (χ3v) is 7.68. The van der Waals surface area contributed by atoms with E-state index in [4.69, 9.17) is 17.3 Å². The molecule has 0 spiro atoms. The summed E-state index contributed by atoms with van der Waals surface area (Å²) < 4.78 is 67.7. The fraction of sp³-hybridized carbons (Fsp3) is 0.364. The van der Waals surface area contributed by atoms with Gasteiger partial charge in [0.15, 0.2) is 0 Å². The Labute approximate surface area is 205 Å². The first-order valence-corrected chi connectivity index (χ1v) is 12.5. The molecule has 1 aliphatic heterocycles. The number of alkyl halides is 3. The van der Waals surface area contributed by atoms with Crippen molar-refractivity contribution in [3.8, 4) is 0 Å². The van der Waals surface area contributed by atoms with Crippen molar-refractivity contribution < 1.29 is 31.2 Å². The zero-order valence-electron chi connectivity index (χ0n) is 18.5. The molecule has 1 unspecified atom stereocenters. The largest absolute Gasteiger partial charge is 0.416 e. The highest BCUT2D eigenvalue weighted by Crippen LogP contribution is 2.37. The van der Waals surface area contributed by atoms with Gasteiger partial charge in [0.25, 0.3) is 10.0 Å². The van der Waals surface area contributed by atoms with Crippen LogP contribution in [0.5, 0.6) is 0 Å². The number of nitrogens with two attached hydrogens (primary N) is 1. The maximum atomic E-state index is 13.5. The topological polar surface area (TPSA) is 113 Å². The summed E-state index contributed by atoms with van der Waals surface area (Å²) >= 11 is 6.15. The molecule has 1 aliphatic rings. The number of nitrogens with zero attached hydrogens (tertiary/aromatic N) is 2. The molecule has 13 heteroatoms. The molecule has 8 nitrogen and oxygen atoms in total. The number of rotatable bonds is 7. The highest BCUT2D eigenvalue weighted by Gasteiger charge is 2.35. The summed E-state index contributed by atoms with van der Waals surface area (Å²) in [5.74, 6) is -0.710. The van der Waals surface area contributed by atoms with Crippen molar-refractivity contribution in [3.05, 3.63) is 59.1 Å². The fourth-order valence-corrected chi connectivity index (χ4v) is 5.54. The number of nitrogens with one attached hydrogen (secondary N) is 1. The molecule has 190 valence electrons. The number of amides is 3. The average molecular weight is 533 g/mol. The van der Waals surface area contributed by atoms with Crippen LogP contribution in [0.1, 0.15) is 18.4 Å². The molecule has 0 radical (unpaired) electrons. The number of carbonyl (C=O) groups is 2. The highest BCUT2D eigenvalue weighted by atomic mass is 35.5. The molecule has 3 N–H and O–H groups in total. The van der Waals surface area contributed by atoms with Gasteiger partial charge in [-0.15, -0.1) is 0 Å². The highest BCUT2D eigenvalue weighted by molar-refractivity contribution is 7.92. The van der Waals surface area contributed by atoms with Gasteiger partial charge in [0.2, 0.25) is 5.91 Å². The van der Waals surface area contributed by atoms with Gasteiger partial charge < -0.3 is 16.0 Å². The van der Waals surface area contributed by atoms with E-state index in [0.717, 1.165) is 18.6 Å². The molecule has 1 fully saturated rings. The SMILES string of the molecule is NC(=O)NCC1CCCN(C(=O)CN(c2cc(C(F)(F)F)ccc2Cl)S(=O)(=O)c2ccccc2)C1. The Bertz CT molecular complexity index is 1180. The predicted octanol–water partition coefficient (Wildman–Crippen LogP) is 3.46. The number of carbonyl (C=O) groups excluding carboxylic acids is 2. The quantitative estimate of drug-likeness (QED) is 0.568. The van der Waals surface area contributed by atoms with Crippen LogP contribution in [0, 0.1) is 5.92 Å². The van der Waals surface area contributed by atoms with Crippen LogP contribution in [0.2, 0.25) is 5.02 Å². The Kier molecular flexibility index (Phi) is 8.16. The van der Waals surface area contributed by atoms with Crippen LogP contribution in [0.15, 0.2) is 53.4 Å². The zero-order chi connectivity index (χ0) is 25.8. The van der Waals surface area contributed by atoms with Gasteiger partial charge in [0.1, 0.15) is 6.54 Å². The van der Waals surface area contributed by atoms with Gasteiger partial charge in [0.05, 0.1) is 21.2 Å². The molecule has 3 amide bonds. The van der Waals surface area contributed by atoms with Crippen molar-refractivity contribution in [2.24, 2.45) is 11.7 Å². The minimum absolute atomic E-state index is 0.100. The molecule has 1 heterocycles. The number of likely N-dealkylation sites (tertiary alicyclic amines) is 1.